The van der Waals surface area contributed by atoms with Gasteiger partial charge in [-0.15, -0.1) is 0 Å². The second kappa shape index (κ2) is 7.51. The maximum absolute atomic E-state index is 5.35. The summed E-state index contributed by atoms with van der Waals surface area (Å²) in [6.07, 6.45) is 8.00. The highest BCUT2D eigenvalue weighted by molar-refractivity contribution is 5.11. The number of nitrogens with one attached hydrogen (secondary N) is 1. The van der Waals surface area contributed by atoms with E-state index in [1.54, 1.807) is 6.20 Å². The van der Waals surface area contributed by atoms with E-state index in [4.69, 9.17) is 5.73 Å². The van der Waals surface area contributed by atoms with Crippen LogP contribution in [0.25, 0.3) is 0 Å². The summed E-state index contributed by atoms with van der Waals surface area (Å²) in [5.74, 6) is 0.731. The van der Waals surface area contributed by atoms with Gasteiger partial charge in [-0.2, -0.15) is 0 Å². The van der Waals surface area contributed by atoms with E-state index in [0.29, 0.717) is 6.04 Å². The number of likely N-dealkylation sites (tertiary alicyclic amines) is 1. The molecule has 1 aliphatic rings. The third-order valence-electron chi connectivity index (χ3n) is 3.36. The van der Waals surface area contributed by atoms with Crippen molar-refractivity contribution < 1.29 is 0 Å². The lowest BCUT2D eigenvalue weighted by Gasteiger charge is -2.19. The number of nitrogens with two attached hydrogens (primary N) is 1. The van der Waals surface area contributed by atoms with Crippen molar-refractivity contribution in [2.75, 3.05) is 26.7 Å². The third-order valence-corrected chi connectivity index (χ3v) is 3.36. The van der Waals surface area contributed by atoms with Crippen molar-refractivity contribution >= 4 is 0 Å². The molecule has 1 aliphatic heterocycles. The molecule has 1 saturated heterocycles. The number of hydrogen-bond donors (Lipinski definition) is 2. The molecular formula is C14H27N3. The fraction of sp³-hybridized carbons (Fsp3) is 0.714. The molecule has 1 fully saturated rings. The Hall–Kier alpha value is -0.800. The molecule has 0 saturated carbocycles. The molecule has 3 heteroatoms. The highest BCUT2D eigenvalue weighted by atomic mass is 15.2. The second-order valence-electron chi connectivity index (χ2n) is 5.14. The summed E-state index contributed by atoms with van der Waals surface area (Å²) in [5, 5.41) is 3.66. The summed E-state index contributed by atoms with van der Waals surface area (Å²) in [5.41, 5.74) is 6.77. The van der Waals surface area contributed by atoms with Gasteiger partial charge in [-0.25, -0.2) is 0 Å². The summed E-state index contributed by atoms with van der Waals surface area (Å²) < 4.78 is 0. The van der Waals surface area contributed by atoms with Gasteiger partial charge in [0.15, 0.2) is 0 Å². The van der Waals surface area contributed by atoms with E-state index < -0.39 is 0 Å². The second-order valence-corrected chi connectivity index (χ2v) is 5.14. The molecule has 1 rings (SSSR count). The monoisotopic (exact) mass is 237 g/mol. The van der Waals surface area contributed by atoms with Gasteiger partial charge < -0.3 is 16.0 Å². The Balaban J connectivity index is 2.49. The number of likely N-dealkylation sites (N-methyl/N-ethyl adjacent to an activating group) is 1. The molecule has 2 atom stereocenters. The average molecular weight is 237 g/mol. The largest absolute Gasteiger partial charge is 0.405 e. The number of hydrogen-bond acceptors (Lipinski definition) is 3. The molecule has 0 aromatic heterocycles. The zero-order valence-corrected chi connectivity index (χ0v) is 11.4. The Morgan fingerprint density at radius 2 is 2.24 bits per heavy atom. The van der Waals surface area contributed by atoms with Crippen LogP contribution in [0.4, 0.5) is 0 Å². The third kappa shape index (κ3) is 4.92. The molecule has 17 heavy (non-hydrogen) atoms. The van der Waals surface area contributed by atoms with E-state index in [9.17, 15) is 0 Å². The van der Waals surface area contributed by atoms with Crippen LogP contribution in [0.1, 0.15) is 26.7 Å². The van der Waals surface area contributed by atoms with E-state index >= 15 is 0 Å². The maximum Gasteiger partial charge on any atom is 0.0238 e. The normalized spacial score (nSPS) is 27.1. The van der Waals surface area contributed by atoms with Crippen LogP contribution in [0, 0.1) is 5.92 Å². The molecule has 0 spiro atoms. The van der Waals surface area contributed by atoms with Crippen LogP contribution in [0.2, 0.25) is 0 Å². The van der Waals surface area contributed by atoms with Crippen LogP contribution in [0.5, 0.6) is 0 Å². The van der Waals surface area contributed by atoms with E-state index in [1.807, 2.05) is 6.08 Å². The molecule has 1 heterocycles. The molecule has 0 amide bonds. The fourth-order valence-corrected chi connectivity index (χ4v) is 2.56. The number of allylic oxidation sites excluding steroid dienone is 3. The van der Waals surface area contributed by atoms with Crippen molar-refractivity contribution in [3.05, 3.63) is 23.9 Å². The van der Waals surface area contributed by atoms with Crippen molar-refractivity contribution in [3.63, 3.8) is 0 Å². The minimum Gasteiger partial charge on any atom is -0.405 e. The van der Waals surface area contributed by atoms with Gasteiger partial charge in [0, 0.05) is 19.1 Å². The SMILES string of the molecule is CCCNC1CN(C)CC1C/C(C)=C/C=C\N. The van der Waals surface area contributed by atoms with Crippen molar-refractivity contribution in [2.24, 2.45) is 11.7 Å². The molecular weight excluding hydrogens is 210 g/mol. The Morgan fingerprint density at radius 1 is 1.47 bits per heavy atom. The zero-order chi connectivity index (χ0) is 12.7. The molecule has 0 aromatic carbocycles. The van der Waals surface area contributed by atoms with Gasteiger partial charge in [-0.1, -0.05) is 18.6 Å². The molecule has 2 unspecified atom stereocenters. The first-order valence-electron chi connectivity index (χ1n) is 6.63. The molecule has 0 radical (unpaired) electrons. The lowest BCUT2D eigenvalue weighted by molar-refractivity contribution is 0.393. The first-order chi connectivity index (χ1) is 8.17. The Bertz CT molecular complexity index is 271. The van der Waals surface area contributed by atoms with Crippen molar-refractivity contribution in [2.45, 2.75) is 32.7 Å². The molecule has 98 valence electrons. The fourth-order valence-electron chi connectivity index (χ4n) is 2.56. The quantitative estimate of drug-likeness (QED) is 0.691. The minimum atomic E-state index is 0.644. The summed E-state index contributed by atoms with van der Waals surface area (Å²) in [4.78, 5) is 2.42. The van der Waals surface area contributed by atoms with Gasteiger partial charge in [0.25, 0.3) is 0 Å². The molecule has 0 aliphatic carbocycles. The Labute approximate surface area is 106 Å². The van der Waals surface area contributed by atoms with Gasteiger partial charge in [0.05, 0.1) is 0 Å². The Morgan fingerprint density at radius 3 is 2.88 bits per heavy atom. The average Bonchev–Trinajstić information content (AvgIpc) is 2.64. The molecule has 3 N–H and O–H groups in total. The van der Waals surface area contributed by atoms with Crippen LogP contribution in [0.15, 0.2) is 23.9 Å². The lowest BCUT2D eigenvalue weighted by Crippen LogP contribution is -2.36. The van der Waals surface area contributed by atoms with Crippen LogP contribution >= 0.6 is 0 Å². The standard InChI is InChI=1S/C14H27N3/c1-4-8-16-14-11-17(3)10-13(14)9-12(2)6-5-7-15/h5-7,13-14,16H,4,8-11,15H2,1-3H3/b7-5-,12-6+. The Kier molecular flexibility index (Phi) is 6.30. The van der Waals surface area contributed by atoms with E-state index in [0.717, 1.165) is 18.9 Å². The van der Waals surface area contributed by atoms with Gasteiger partial charge in [0.2, 0.25) is 0 Å². The van der Waals surface area contributed by atoms with Gasteiger partial charge in [0.1, 0.15) is 0 Å². The first kappa shape index (κ1) is 14.3. The molecule has 0 bridgehead atoms. The zero-order valence-electron chi connectivity index (χ0n) is 11.4. The highest BCUT2D eigenvalue weighted by Gasteiger charge is 2.29. The van der Waals surface area contributed by atoms with E-state index in [-0.39, 0.29) is 0 Å². The van der Waals surface area contributed by atoms with Gasteiger partial charge in [-0.05, 0) is 51.6 Å². The van der Waals surface area contributed by atoms with Crippen molar-refractivity contribution in [1.29, 1.82) is 0 Å². The smallest absolute Gasteiger partial charge is 0.0238 e. The van der Waals surface area contributed by atoms with Crippen LogP contribution in [-0.4, -0.2) is 37.6 Å². The van der Waals surface area contributed by atoms with Crippen LogP contribution < -0.4 is 11.1 Å². The first-order valence-corrected chi connectivity index (χ1v) is 6.63. The van der Waals surface area contributed by atoms with Crippen molar-refractivity contribution in [1.82, 2.24) is 10.2 Å². The predicted molar refractivity (Wildman–Crippen MR) is 74.8 cm³/mol. The van der Waals surface area contributed by atoms with Crippen LogP contribution in [-0.2, 0) is 0 Å². The summed E-state index contributed by atoms with van der Waals surface area (Å²) >= 11 is 0. The van der Waals surface area contributed by atoms with E-state index in [1.165, 1.54) is 25.1 Å². The highest BCUT2D eigenvalue weighted by Crippen LogP contribution is 2.22. The lowest BCUT2D eigenvalue weighted by atomic mass is 9.95. The number of nitrogens with zero attached hydrogens (tertiary/aromatic N) is 1. The van der Waals surface area contributed by atoms with Gasteiger partial charge >= 0.3 is 0 Å². The van der Waals surface area contributed by atoms with E-state index in [2.05, 4.69) is 37.2 Å². The summed E-state index contributed by atoms with van der Waals surface area (Å²) in [6, 6.07) is 0.644. The summed E-state index contributed by atoms with van der Waals surface area (Å²) in [6.45, 7) is 7.90. The summed E-state index contributed by atoms with van der Waals surface area (Å²) in [7, 11) is 2.21. The molecule has 0 aromatic rings. The number of rotatable bonds is 6. The van der Waals surface area contributed by atoms with Gasteiger partial charge in [-0.3, -0.25) is 0 Å². The minimum absolute atomic E-state index is 0.644. The van der Waals surface area contributed by atoms with Crippen molar-refractivity contribution in [3.8, 4) is 0 Å². The maximum atomic E-state index is 5.35. The van der Waals surface area contributed by atoms with Crippen LogP contribution in [0.3, 0.4) is 0 Å². The predicted octanol–water partition coefficient (Wildman–Crippen LogP) is 1.72. The molecule has 3 nitrogen and oxygen atoms in total. The topological polar surface area (TPSA) is 41.3 Å².